The van der Waals surface area contributed by atoms with E-state index in [0.29, 0.717) is 17.5 Å². The number of amides is 2. The van der Waals surface area contributed by atoms with Crippen LogP contribution in [0.15, 0.2) is 5.38 Å². The Kier molecular flexibility index (Phi) is 5.90. The van der Waals surface area contributed by atoms with Crippen LogP contribution in [0.3, 0.4) is 0 Å². The molecule has 0 saturated carbocycles. The minimum Gasteiger partial charge on any atom is -0.342 e. The zero-order chi connectivity index (χ0) is 16.1. The number of hydrogen-bond donors (Lipinski definition) is 2. The summed E-state index contributed by atoms with van der Waals surface area (Å²) in [5, 5.41) is 8.33. The van der Waals surface area contributed by atoms with E-state index in [2.05, 4.69) is 15.6 Å². The first kappa shape index (κ1) is 16.9. The van der Waals surface area contributed by atoms with E-state index >= 15 is 0 Å². The molecule has 0 bridgehead atoms. The second-order valence-electron chi connectivity index (χ2n) is 6.02. The van der Waals surface area contributed by atoms with Crippen LogP contribution in [0.25, 0.3) is 0 Å². The van der Waals surface area contributed by atoms with Gasteiger partial charge >= 0.3 is 0 Å². The number of thiazole rings is 1. The summed E-state index contributed by atoms with van der Waals surface area (Å²) in [7, 11) is 1.94. The van der Waals surface area contributed by atoms with Crippen LogP contribution < -0.4 is 10.6 Å². The van der Waals surface area contributed by atoms with E-state index in [-0.39, 0.29) is 17.7 Å². The Hall–Kier alpha value is -1.47. The smallest absolute Gasteiger partial charge is 0.228 e. The lowest BCUT2D eigenvalue weighted by Gasteiger charge is -2.15. The summed E-state index contributed by atoms with van der Waals surface area (Å²) in [6, 6.07) is 0. The molecule has 1 aromatic heterocycles. The van der Waals surface area contributed by atoms with Crippen molar-refractivity contribution >= 4 is 28.3 Å². The predicted octanol–water partition coefficient (Wildman–Crippen LogP) is 1.35. The van der Waals surface area contributed by atoms with Crippen molar-refractivity contribution in [3.8, 4) is 0 Å². The summed E-state index contributed by atoms with van der Waals surface area (Å²) in [6.45, 7) is 6.27. The van der Waals surface area contributed by atoms with Crippen molar-refractivity contribution in [2.75, 3.05) is 32.0 Å². The molecule has 1 fully saturated rings. The van der Waals surface area contributed by atoms with Gasteiger partial charge in [-0.3, -0.25) is 9.59 Å². The zero-order valence-electron chi connectivity index (χ0n) is 13.4. The molecule has 6 nitrogen and oxygen atoms in total. The largest absolute Gasteiger partial charge is 0.342 e. The second-order valence-corrected chi connectivity index (χ2v) is 6.87. The summed E-state index contributed by atoms with van der Waals surface area (Å²) in [5.41, 5.74) is 0.728. The normalized spacial score (nSPS) is 18.0. The zero-order valence-corrected chi connectivity index (χ0v) is 14.2. The van der Waals surface area contributed by atoms with Gasteiger partial charge < -0.3 is 15.5 Å². The van der Waals surface area contributed by atoms with Crippen LogP contribution in [-0.4, -0.2) is 48.4 Å². The molecule has 7 heteroatoms. The molecule has 1 atom stereocenters. The molecule has 1 unspecified atom stereocenters. The molecule has 122 valence electrons. The number of nitrogens with zero attached hydrogens (tertiary/aromatic N) is 2. The molecule has 0 radical (unpaired) electrons. The third kappa shape index (κ3) is 4.51. The number of rotatable bonds is 6. The summed E-state index contributed by atoms with van der Waals surface area (Å²) in [6.07, 6.45) is 1.36. The van der Waals surface area contributed by atoms with Gasteiger partial charge in [-0.25, -0.2) is 4.98 Å². The van der Waals surface area contributed by atoms with Crippen LogP contribution in [-0.2, 0) is 16.0 Å². The van der Waals surface area contributed by atoms with Gasteiger partial charge in [0.2, 0.25) is 11.8 Å². The average Bonchev–Trinajstić information content (AvgIpc) is 3.09. The van der Waals surface area contributed by atoms with Gasteiger partial charge in [-0.05, 0) is 25.9 Å². The highest BCUT2D eigenvalue weighted by Gasteiger charge is 2.26. The standard InChI is InChI=1S/C15H24N4O2S/c1-10(2)14(21)18-15-17-12(9-22-15)6-13(20)19-5-4-11(8-19)7-16-3/h9-11,16H,4-8H2,1-3H3,(H,17,18,21). The van der Waals surface area contributed by atoms with Crippen LogP contribution in [0.2, 0.25) is 0 Å². The first-order valence-corrected chi connectivity index (χ1v) is 8.55. The monoisotopic (exact) mass is 324 g/mol. The molecule has 1 saturated heterocycles. The molecule has 1 aliphatic rings. The van der Waals surface area contributed by atoms with Gasteiger partial charge in [-0.1, -0.05) is 13.8 Å². The first-order valence-electron chi connectivity index (χ1n) is 7.67. The van der Waals surface area contributed by atoms with Crippen molar-refractivity contribution < 1.29 is 9.59 Å². The maximum atomic E-state index is 12.3. The lowest BCUT2D eigenvalue weighted by atomic mass is 10.1. The summed E-state index contributed by atoms with van der Waals surface area (Å²) < 4.78 is 0. The van der Waals surface area contributed by atoms with Crippen molar-refractivity contribution in [2.24, 2.45) is 11.8 Å². The molecule has 2 heterocycles. The molecule has 2 rings (SSSR count). The second kappa shape index (κ2) is 7.69. The topological polar surface area (TPSA) is 74.3 Å². The molecule has 1 aliphatic heterocycles. The minimum absolute atomic E-state index is 0.0540. The van der Waals surface area contributed by atoms with Gasteiger partial charge in [0.1, 0.15) is 0 Å². The highest BCUT2D eigenvalue weighted by atomic mass is 32.1. The molecule has 0 spiro atoms. The molecule has 2 amide bonds. The van der Waals surface area contributed by atoms with E-state index in [1.165, 1.54) is 11.3 Å². The van der Waals surface area contributed by atoms with E-state index in [1.54, 1.807) is 0 Å². The Bertz CT molecular complexity index is 529. The third-order valence-electron chi connectivity index (χ3n) is 3.77. The Balaban J connectivity index is 1.85. The molecular formula is C15H24N4O2S. The minimum atomic E-state index is -0.0808. The Morgan fingerprint density at radius 3 is 2.95 bits per heavy atom. The van der Waals surface area contributed by atoms with Gasteiger partial charge in [0, 0.05) is 24.4 Å². The maximum Gasteiger partial charge on any atom is 0.228 e. The molecule has 2 N–H and O–H groups in total. The van der Waals surface area contributed by atoms with E-state index in [0.717, 1.165) is 31.7 Å². The number of carbonyl (C=O) groups is 2. The van der Waals surface area contributed by atoms with Crippen LogP contribution in [0.4, 0.5) is 5.13 Å². The predicted molar refractivity (Wildman–Crippen MR) is 87.9 cm³/mol. The van der Waals surface area contributed by atoms with Crippen molar-refractivity contribution in [2.45, 2.75) is 26.7 Å². The number of aromatic nitrogens is 1. The fourth-order valence-corrected chi connectivity index (χ4v) is 3.19. The quantitative estimate of drug-likeness (QED) is 0.828. The number of nitrogens with one attached hydrogen (secondary N) is 2. The number of carbonyl (C=O) groups excluding carboxylic acids is 2. The Morgan fingerprint density at radius 1 is 1.50 bits per heavy atom. The Morgan fingerprint density at radius 2 is 2.27 bits per heavy atom. The van der Waals surface area contributed by atoms with Crippen molar-refractivity contribution in [1.82, 2.24) is 15.2 Å². The van der Waals surface area contributed by atoms with Crippen LogP contribution in [0.1, 0.15) is 26.0 Å². The molecular weight excluding hydrogens is 300 g/mol. The van der Waals surface area contributed by atoms with E-state index in [9.17, 15) is 9.59 Å². The molecule has 1 aromatic rings. The summed E-state index contributed by atoms with van der Waals surface area (Å²) in [5.74, 6) is 0.528. The van der Waals surface area contributed by atoms with Gasteiger partial charge in [0.25, 0.3) is 0 Å². The molecule has 0 aromatic carbocycles. The van der Waals surface area contributed by atoms with Crippen LogP contribution in [0.5, 0.6) is 0 Å². The molecule has 0 aliphatic carbocycles. The first-order chi connectivity index (χ1) is 10.5. The lowest BCUT2D eigenvalue weighted by Crippen LogP contribution is -2.31. The van der Waals surface area contributed by atoms with Crippen molar-refractivity contribution in [3.05, 3.63) is 11.1 Å². The highest BCUT2D eigenvalue weighted by Crippen LogP contribution is 2.20. The van der Waals surface area contributed by atoms with Gasteiger partial charge in [0.05, 0.1) is 12.1 Å². The van der Waals surface area contributed by atoms with Gasteiger partial charge in [-0.15, -0.1) is 11.3 Å². The van der Waals surface area contributed by atoms with Crippen LogP contribution >= 0.6 is 11.3 Å². The van der Waals surface area contributed by atoms with E-state index < -0.39 is 0 Å². The average molecular weight is 324 g/mol. The number of hydrogen-bond acceptors (Lipinski definition) is 5. The fourth-order valence-electron chi connectivity index (χ4n) is 2.48. The number of anilines is 1. The van der Waals surface area contributed by atoms with Crippen molar-refractivity contribution in [1.29, 1.82) is 0 Å². The maximum absolute atomic E-state index is 12.3. The SMILES string of the molecule is CNCC1CCN(C(=O)Cc2csc(NC(=O)C(C)C)n2)C1. The van der Waals surface area contributed by atoms with Gasteiger partial charge in [0.15, 0.2) is 5.13 Å². The Labute approximate surface area is 135 Å². The fraction of sp³-hybridized carbons (Fsp3) is 0.667. The van der Waals surface area contributed by atoms with Crippen LogP contribution in [0, 0.1) is 11.8 Å². The summed E-state index contributed by atoms with van der Waals surface area (Å²) >= 11 is 1.36. The van der Waals surface area contributed by atoms with Crippen molar-refractivity contribution in [3.63, 3.8) is 0 Å². The van der Waals surface area contributed by atoms with E-state index in [4.69, 9.17) is 0 Å². The lowest BCUT2D eigenvalue weighted by molar-refractivity contribution is -0.129. The summed E-state index contributed by atoms with van der Waals surface area (Å²) in [4.78, 5) is 30.1. The third-order valence-corrected chi connectivity index (χ3v) is 4.58. The molecule has 22 heavy (non-hydrogen) atoms. The highest BCUT2D eigenvalue weighted by molar-refractivity contribution is 7.13. The van der Waals surface area contributed by atoms with Gasteiger partial charge in [-0.2, -0.15) is 0 Å². The number of likely N-dealkylation sites (tertiary alicyclic amines) is 1. The van der Waals surface area contributed by atoms with E-state index in [1.807, 2.05) is 31.2 Å².